The number of rotatable bonds is 5. The molecule has 0 fully saturated rings. The molecule has 186 valence electrons. The van der Waals surface area contributed by atoms with E-state index in [-0.39, 0.29) is 11.8 Å². The second kappa shape index (κ2) is 10.4. The summed E-state index contributed by atoms with van der Waals surface area (Å²) in [4.78, 5) is 12.8. The van der Waals surface area contributed by atoms with Gasteiger partial charge in [0.25, 0.3) is 0 Å². The Morgan fingerprint density at radius 1 is 1.08 bits per heavy atom. The zero-order valence-corrected chi connectivity index (χ0v) is 21.4. The predicted octanol–water partition coefficient (Wildman–Crippen LogP) is 7.32. The summed E-state index contributed by atoms with van der Waals surface area (Å²) in [6.07, 6.45) is 4.34. The van der Waals surface area contributed by atoms with E-state index in [1.165, 1.54) is 0 Å². The molecule has 1 amide bonds. The SMILES string of the molecule is C=C/C=C(\C)C[C@H](C)C(=O)Nc1ccc2c(c1)Oc1cc(N)ccc1C21OCc2ccccc21.CC. The Kier molecular flexibility index (Phi) is 7.32. The third-order valence-corrected chi connectivity index (χ3v) is 6.55. The number of fused-ring (bicyclic) bond motifs is 6. The molecule has 5 nitrogen and oxygen atoms in total. The third-order valence-electron chi connectivity index (χ3n) is 6.55. The Hall–Kier alpha value is -3.83. The van der Waals surface area contributed by atoms with Crippen LogP contribution < -0.4 is 15.8 Å². The fourth-order valence-electron chi connectivity index (χ4n) is 4.96. The monoisotopic (exact) mass is 482 g/mol. The molecule has 2 aliphatic heterocycles. The van der Waals surface area contributed by atoms with Crippen molar-refractivity contribution in [3.05, 3.63) is 107 Å². The molecular weight excluding hydrogens is 448 g/mol. The van der Waals surface area contributed by atoms with Gasteiger partial charge in [-0.1, -0.05) is 69.3 Å². The number of nitrogen functional groups attached to an aromatic ring is 1. The van der Waals surface area contributed by atoms with Crippen LogP contribution in [0.1, 0.15) is 56.4 Å². The van der Waals surface area contributed by atoms with E-state index in [2.05, 4.69) is 24.0 Å². The molecule has 0 saturated heterocycles. The van der Waals surface area contributed by atoms with Crippen molar-refractivity contribution in [2.75, 3.05) is 11.1 Å². The van der Waals surface area contributed by atoms with Gasteiger partial charge in [-0.3, -0.25) is 4.79 Å². The number of carbonyl (C=O) groups is 1. The van der Waals surface area contributed by atoms with Gasteiger partial charge in [0, 0.05) is 40.6 Å². The maximum atomic E-state index is 12.8. The summed E-state index contributed by atoms with van der Waals surface area (Å²) in [7, 11) is 0. The van der Waals surface area contributed by atoms with Gasteiger partial charge in [-0.05, 0) is 48.7 Å². The first kappa shape index (κ1) is 25.3. The van der Waals surface area contributed by atoms with Crippen LogP contribution in [0, 0.1) is 5.92 Å². The van der Waals surface area contributed by atoms with Crippen LogP contribution >= 0.6 is 0 Å². The number of nitrogens with two attached hydrogens (primary N) is 1. The molecule has 36 heavy (non-hydrogen) atoms. The number of anilines is 2. The summed E-state index contributed by atoms with van der Waals surface area (Å²) in [5.41, 5.74) is 11.8. The summed E-state index contributed by atoms with van der Waals surface area (Å²) in [5.74, 6) is 1.08. The van der Waals surface area contributed by atoms with Crippen molar-refractivity contribution in [3.63, 3.8) is 0 Å². The zero-order valence-electron chi connectivity index (χ0n) is 21.4. The van der Waals surface area contributed by atoms with Crippen LogP contribution in [0.5, 0.6) is 11.5 Å². The van der Waals surface area contributed by atoms with E-state index in [0.717, 1.165) is 27.8 Å². The highest BCUT2D eigenvalue weighted by Gasteiger charge is 2.49. The number of carbonyl (C=O) groups excluding carboxylic acids is 1. The number of ether oxygens (including phenoxy) is 2. The first-order chi connectivity index (χ1) is 17.4. The van der Waals surface area contributed by atoms with Crippen molar-refractivity contribution in [1.82, 2.24) is 0 Å². The van der Waals surface area contributed by atoms with Crippen LogP contribution in [0.4, 0.5) is 11.4 Å². The van der Waals surface area contributed by atoms with Crippen LogP contribution in [0.25, 0.3) is 0 Å². The molecule has 0 aromatic heterocycles. The van der Waals surface area contributed by atoms with Gasteiger partial charge in [-0.25, -0.2) is 0 Å². The topological polar surface area (TPSA) is 73.6 Å². The van der Waals surface area contributed by atoms with Crippen molar-refractivity contribution >= 4 is 17.3 Å². The summed E-state index contributed by atoms with van der Waals surface area (Å²) in [5, 5.41) is 3.04. The lowest BCUT2D eigenvalue weighted by Gasteiger charge is -2.37. The van der Waals surface area contributed by atoms with Gasteiger partial charge in [0.15, 0.2) is 5.60 Å². The van der Waals surface area contributed by atoms with E-state index in [1.807, 2.05) is 82.3 Å². The fraction of sp³-hybridized carbons (Fsp3) is 0.258. The van der Waals surface area contributed by atoms with Crippen LogP contribution in [-0.4, -0.2) is 5.91 Å². The van der Waals surface area contributed by atoms with Gasteiger partial charge in [0.1, 0.15) is 11.5 Å². The lowest BCUT2D eigenvalue weighted by molar-refractivity contribution is -0.119. The highest BCUT2D eigenvalue weighted by Crippen LogP contribution is 2.56. The maximum absolute atomic E-state index is 12.8. The molecule has 2 atom stereocenters. The highest BCUT2D eigenvalue weighted by atomic mass is 16.5. The van der Waals surface area contributed by atoms with Gasteiger partial charge >= 0.3 is 0 Å². The summed E-state index contributed by atoms with van der Waals surface area (Å²) >= 11 is 0. The minimum atomic E-state index is -0.782. The lowest BCUT2D eigenvalue weighted by Crippen LogP contribution is -2.32. The first-order valence-electron chi connectivity index (χ1n) is 12.5. The number of hydrogen-bond donors (Lipinski definition) is 2. The smallest absolute Gasteiger partial charge is 0.227 e. The maximum Gasteiger partial charge on any atom is 0.227 e. The second-order valence-electron chi connectivity index (χ2n) is 9.04. The van der Waals surface area contributed by atoms with Crippen molar-refractivity contribution in [3.8, 4) is 11.5 Å². The minimum absolute atomic E-state index is 0.0469. The Morgan fingerprint density at radius 3 is 2.53 bits per heavy atom. The molecular formula is C31H34N2O3. The normalized spacial score (nSPS) is 18.1. The Bertz CT molecular complexity index is 1330. The molecule has 3 N–H and O–H groups in total. The van der Waals surface area contributed by atoms with E-state index in [1.54, 1.807) is 6.08 Å². The van der Waals surface area contributed by atoms with Crippen molar-refractivity contribution in [2.24, 2.45) is 5.92 Å². The molecule has 5 rings (SSSR count). The fourth-order valence-corrected chi connectivity index (χ4v) is 4.96. The largest absolute Gasteiger partial charge is 0.456 e. The van der Waals surface area contributed by atoms with E-state index >= 15 is 0 Å². The number of allylic oxidation sites excluding steroid dienone is 3. The molecule has 5 heteroatoms. The summed E-state index contributed by atoms with van der Waals surface area (Å²) in [6, 6.07) is 19.7. The molecule has 1 unspecified atom stereocenters. The standard InChI is InChI=1S/C29H28N2O3.C2H6/c1-4-7-18(2)14-19(3)28(32)31-22-11-13-25-27(16-22)34-26-15-21(30)10-12-24(26)29(25)23-9-6-5-8-20(23)17-33-29;1-2/h4-13,15-16,19H,1,14,17,30H2,2-3H3,(H,31,32);1-2H3/b18-7+;/t19-,29?;/m0./s1. The number of amides is 1. The molecule has 3 aromatic rings. The molecule has 0 aliphatic carbocycles. The van der Waals surface area contributed by atoms with Gasteiger partial charge in [-0.15, -0.1) is 0 Å². The van der Waals surface area contributed by atoms with E-state index in [9.17, 15) is 4.79 Å². The Morgan fingerprint density at radius 2 is 1.78 bits per heavy atom. The molecule has 0 bridgehead atoms. The van der Waals surface area contributed by atoms with Crippen molar-refractivity contribution in [1.29, 1.82) is 0 Å². The van der Waals surface area contributed by atoms with E-state index < -0.39 is 5.60 Å². The number of hydrogen-bond acceptors (Lipinski definition) is 4. The van der Waals surface area contributed by atoms with Crippen molar-refractivity contribution < 1.29 is 14.3 Å². The van der Waals surface area contributed by atoms with Gasteiger partial charge in [0.2, 0.25) is 5.91 Å². The number of nitrogens with one attached hydrogen (secondary N) is 1. The molecule has 0 saturated carbocycles. The summed E-state index contributed by atoms with van der Waals surface area (Å²) in [6.45, 7) is 12.1. The van der Waals surface area contributed by atoms with Gasteiger partial charge in [-0.2, -0.15) is 0 Å². The van der Waals surface area contributed by atoms with Crippen LogP contribution in [-0.2, 0) is 21.7 Å². The molecule has 2 aliphatic rings. The summed E-state index contributed by atoms with van der Waals surface area (Å²) < 4.78 is 12.9. The van der Waals surface area contributed by atoms with Crippen molar-refractivity contribution in [2.45, 2.75) is 46.3 Å². The van der Waals surface area contributed by atoms with E-state index in [4.69, 9.17) is 15.2 Å². The van der Waals surface area contributed by atoms with Gasteiger partial charge < -0.3 is 20.5 Å². The Balaban J connectivity index is 0.00000148. The minimum Gasteiger partial charge on any atom is -0.456 e. The van der Waals surface area contributed by atoms with Crippen LogP contribution in [0.3, 0.4) is 0 Å². The van der Waals surface area contributed by atoms with Gasteiger partial charge in [0.05, 0.1) is 6.61 Å². The third kappa shape index (κ3) is 4.42. The van der Waals surface area contributed by atoms with E-state index in [0.29, 0.717) is 35.9 Å². The second-order valence-corrected chi connectivity index (χ2v) is 9.04. The zero-order chi connectivity index (χ0) is 25.9. The Labute approximate surface area is 213 Å². The molecule has 3 aromatic carbocycles. The highest BCUT2D eigenvalue weighted by molar-refractivity contribution is 5.93. The van der Waals surface area contributed by atoms with Crippen LogP contribution in [0.15, 0.2) is 85.0 Å². The average Bonchev–Trinajstić information content (AvgIpc) is 3.25. The molecule has 2 heterocycles. The first-order valence-corrected chi connectivity index (χ1v) is 12.5. The number of benzene rings is 3. The molecule has 0 radical (unpaired) electrons. The quantitative estimate of drug-likeness (QED) is 0.295. The predicted molar refractivity (Wildman–Crippen MR) is 146 cm³/mol. The molecule has 1 spiro atoms. The average molecular weight is 483 g/mol. The van der Waals surface area contributed by atoms with Crippen LogP contribution in [0.2, 0.25) is 0 Å². The lowest BCUT2D eigenvalue weighted by atomic mass is 9.77.